The van der Waals surface area contributed by atoms with Gasteiger partial charge in [-0.1, -0.05) is 7.43 Å². The van der Waals surface area contributed by atoms with Crippen LogP contribution >= 0.6 is 0 Å². The van der Waals surface area contributed by atoms with E-state index in [-0.39, 0.29) is 19.4 Å². The van der Waals surface area contributed by atoms with Crippen molar-refractivity contribution in [2.75, 3.05) is 32.8 Å². The molecule has 2 aliphatic rings. The van der Waals surface area contributed by atoms with Gasteiger partial charge in [-0.05, 0) is 12.8 Å². The Morgan fingerprint density at radius 1 is 1.36 bits per heavy atom. The molecule has 2 aliphatic heterocycles. The fourth-order valence-electron chi connectivity index (χ4n) is 1.86. The minimum absolute atomic E-state index is 0. The van der Waals surface area contributed by atoms with Crippen LogP contribution in [0.3, 0.4) is 0 Å². The summed E-state index contributed by atoms with van der Waals surface area (Å²) in [4.78, 5) is 13.7. The molecule has 0 bridgehead atoms. The molecule has 0 saturated carbocycles. The maximum atomic E-state index is 11.8. The Morgan fingerprint density at radius 3 is 2.64 bits per heavy atom. The van der Waals surface area contributed by atoms with Crippen LogP contribution in [0.15, 0.2) is 0 Å². The number of carbonyl (C=O) groups is 1. The van der Waals surface area contributed by atoms with Gasteiger partial charge in [0.05, 0.1) is 0 Å². The number of ether oxygens (including phenoxy) is 1. The first-order valence-electron chi connectivity index (χ1n) is 4.99. The summed E-state index contributed by atoms with van der Waals surface area (Å²) in [6.07, 6.45) is 1.80. The molecule has 1 amide bonds. The molecule has 2 fully saturated rings. The molecule has 14 heavy (non-hydrogen) atoms. The fraction of sp³-hybridized carbons (Fsp3) is 0.900. The smallest absolute Gasteiger partial charge is 0.251 e. The van der Waals surface area contributed by atoms with E-state index in [1.165, 1.54) is 0 Å². The van der Waals surface area contributed by atoms with Crippen LogP contribution in [0.1, 0.15) is 20.3 Å². The Hall–Kier alpha value is -0.610. The Bertz CT molecular complexity index is 185. The molecular weight excluding hydrogens is 180 g/mol. The van der Waals surface area contributed by atoms with E-state index in [1.807, 2.05) is 4.90 Å². The van der Waals surface area contributed by atoms with E-state index in [1.54, 1.807) is 0 Å². The van der Waals surface area contributed by atoms with Gasteiger partial charge < -0.3 is 15.0 Å². The lowest BCUT2D eigenvalue weighted by Gasteiger charge is -2.29. The van der Waals surface area contributed by atoms with Crippen LogP contribution in [0.2, 0.25) is 0 Å². The van der Waals surface area contributed by atoms with E-state index in [4.69, 9.17) is 4.74 Å². The maximum Gasteiger partial charge on any atom is 0.251 e. The zero-order chi connectivity index (χ0) is 9.10. The van der Waals surface area contributed by atoms with Crippen LogP contribution in [0, 0.1) is 0 Å². The largest absolute Gasteiger partial charge is 0.368 e. The number of amides is 1. The molecule has 0 spiro atoms. The lowest BCUT2D eigenvalue weighted by Crippen LogP contribution is -2.49. The Morgan fingerprint density at radius 2 is 2.07 bits per heavy atom. The highest BCUT2D eigenvalue weighted by atomic mass is 16.5. The van der Waals surface area contributed by atoms with Gasteiger partial charge in [0.25, 0.3) is 5.91 Å². The third-order valence-electron chi connectivity index (χ3n) is 2.63. The summed E-state index contributed by atoms with van der Waals surface area (Å²) >= 11 is 0. The van der Waals surface area contributed by atoms with Gasteiger partial charge in [-0.2, -0.15) is 0 Å². The molecular formula is C10H20N2O2. The first-order chi connectivity index (χ1) is 6.38. The minimum atomic E-state index is -0.141. The standard InChI is InChI=1S/C9H16N2O2.CH4/c12-9(8-2-1-7-13-8)11-5-3-10-4-6-11;/h8,10H,1-7H2;1H4. The molecule has 82 valence electrons. The van der Waals surface area contributed by atoms with Crippen molar-refractivity contribution in [1.29, 1.82) is 0 Å². The number of rotatable bonds is 1. The van der Waals surface area contributed by atoms with E-state index in [9.17, 15) is 4.79 Å². The maximum absolute atomic E-state index is 11.8. The van der Waals surface area contributed by atoms with Gasteiger partial charge in [0.15, 0.2) is 0 Å². The topological polar surface area (TPSA) is 41.6 Å². The van der Waals surface area contributed by atoms with E-state index >= 15 is 0 Å². The summed E-state index contributed by atoms with van der Waals surface area (Å²) < 4.78 is 5.36. The summed E-state index contributed by atoms with van der Waals surface area (Å²) in [5, 5.41) is 3.23. The fourth-order valence-corrected chi connectivity index (χ4v) is 1.86. The molecule has 0 aliphatic carbocycles. The van der Waals surface area contributed by atoms with Crippen molar-refractivity contribution in [1.82, 2.24) is 10.2 Å². The van der Waals surface area contributed by atoms with Gasteiger partial charge in [-0.3, -0.25) is 4.79 Å². The molecule has 1 N–H and O–H groups in total. The minimum Gasteiger partial charge on any atom is -0.368 e. The highest BCUT2D eigenvalue weighted by Crippen LogP contribution is 2.14. The van der Waals surface area contributed by atoms with Crippen molar-refractivity contribution >= 4 is 5.91 Å². The van der Waals surface area contributed by atoms with E-state index < -0.39 is 0 Å². The molecule has 0 aromatic carbocycles. The average Bonchev–Trinajstić information content (AvgIpc) is 2.71. The van der Waals surface area contributed by atoms with Crippen molar-refractivity contribution in [3.05, 3.63) is 0 Å². The van der Waals surface area contributed by atoms with Crippen molar-refractivity contribution < 1.29 is 9.53 Å². The lowest BCUT2D eigenvalue weighted by atomic mass is 10.2. The summed E-state index contributed by atoms with van der Waals surface area (Å²) in [6.45, 7) is 4.25. The number of nitrogens with one attached hydrogen (secondary N) is 1. The second-order valence-electron chi connectivity index (χ2n) is 3.58. The van der Waals surface area contributed by atoms with Gasteiger partial charge >= 0.3 is 0 Å². The molecule has 1 atom stereocenters. The number of hydrogen-bond acceptors (Lipinski definition) is 3. The predicted octanol–water partition coefficient (Wildman–Crippen LogP) is 0.233. The average molecular weight is 200 g/mol. The monoisotopic (exact) mass is 200 g/mol. The van der Waals surface area contributed by atoms with Crippen LogP contribution in [0.5, 0.6) is 0 Å². The van der Waals surface area contributed by atoms with Gasteiger partial charge in [0, 0.05) is 32.8 Å². The lowest BCUT2D eigenvalue weighted by molar-refractivity contribution is -0.141. The highest BCUT2D eigenvalue weighted by Gasteiger charge is 2.28. The Balaban J connectivity index is 0.000000980. The van der Waals surface area contributed by atoms with Crippen molar-refractivity contribution in [3.63, 3.8) is 0 Å². The van der Waals surface area contributed by atoms with Crippen LogP contribution in [-0.2, 0) is 9.53 Å². The number of carbonyl (C=O) groups excluding carboxylic acids is 1. The van der Waals surface area contributed by atoms with Gasteiger partial charge in [0.1, 0.15) is 6.10 Å². The van der Waals surface area contributed by atoms with E-state index in [0.29, 0.717) is 0 Å². The molecule has 2 heterocycles. The number of piperazine rings is 1. The summed E-state index contributed by atoms with van der Waals surface area (Å²) in [5.74, 6) is 0.194. The van der Waals surface area contributed by atoms with Crippen LogP contribution in [-0.4, -0.2) is 49.7 Å². The predicted molar refractivity (Wildman–Crippen MR) is 55.2 cm³/mol. The first-order valence-corrected chi connectivity index (χ1v) is 4.99. The van der Waals surface area contributed by atoms with E-state index in [2.05, 4.69) is 5.32 Å². The van der Waals surface area contributed by atoms with Crippen LogP contribution in [0.25, 0.3) is 0 Å². The van der Waals surface area contributed by atoms with Crippen LogP contribution in [0.4, 0.5) is 0 Å². The van der Waals surface area contributed by atoms with Crippen molar-refractivity contribution in [3.8, 4) is 0 Å². The van der Waals surface area contributed by atoms with E-state index in [0.717, 1.165) is 45.6 Å². The second-order valence-corrected chi connectivity index (χ2v) is 3.58. The Labute approximate surface area is 85.6 Å². The Kier molecular flexibility index (Phi) is 4.35. The van der Waals surface area contributed by atoms with Crippen molar-refractivity contribution in [2.24, 2.45) is 0 Å². The normalized spacial score (nSPS) is 27.1. The molecule has 2 rings (SSSR count). The molecule has 4 nitrogen and oxygen atoms in total. The number of hydrogen-bond donors (Lipinski definition) is 1. The van der Waals surface area contributed by atoms with Crippen molar-refractivity contribution in [2.45, 2.75) is 26.4 Å². The molecule has 0 aromatic rings. The molecule has 1 unspecified atom stereocenters. The summed E-state index contributed by atoms with van der Waals surface area (Å²) in [5.41, 5.74) is 0. The molecule has 0 radical (unpaired) electrons. The van der Waals surface area contributed by atoms with Gasteiger partial charge in [-0.15, -0.1) is 0 Å². The van der Waals surface area contributed by atoms with Gasteiger partial charge in [-0.25, -0.2) is 0 Å². The van der Waals surface area contributed by atoms with Gasteiger partial charge in [0.2, 0.25) is 0 Å². The SMILES string of the molecule is C.O=C(C1CCCO1)N1CCNCC1. The molecule has 2 saturated heterocycles. The molecule has 0 aromatic heterocycles. The molecule has 4 heteroatoms. The first kappa shape index (κ1) is 11.5. The quantitative estimate of drug-likeness (QED) is 0.659. The second kappa shape index (κ2) is 5.32. The van der Waals surface area contributed by atoms with Crippen LogP contribution < -0.4 is 5.32 Å². The highest BCUT2D eigenvalue weighted by molar-refractivity contribution is 5.81. The third kappa shape index (κ3) is 2.45. The summed E-state index contributed by atoms with van der Waals surface area (Å²) in [6, 6.07) is 0. The summed E-state index contributed by atoms with van der Waals surface area (Å²) in [7, 11) is 0. The zero-order valence-corrected chi connectivity index (χ0v) is 7.79. The number of nitrogens with zero attached hydrogens (tertiary/aromatic N) is 1. The third-order valence-corrected chi connectivity index (χ3v) is 2.63. The zero-order valence-electron chi connectivity index (χ0n) is 7.79.